The molecule has 0 bridgehead atoms. The van der Waals surface area contributed by atoms with Crippen molar-refractivity contribution in [3.8, 4) is 0 Å². The quantitative estimate of drug-likeness (QED) is 0.656. The predicted octanol–water partition coefficient (Wildman–Crippen LogP) is 1.25. The predicted molar refractivity (Wildman–Crippen MR) is 55.0 cm³/mol. The van der Waals surface area contributed by atoms with Crippen molar-refractivity contribution in [2.75, 3.05) is 19.7 Å². The van der Waals surface area contributed by atoms with Crippen molar-refractivity contribution in [3.05, 3.63) is 0 Å². The summed E-state index contributed by atoms with van der Waals surface area (Å²) in [5.41, 5.74) is 4.83. The standard InChI is InChI=1S/C10H20N2O2/c11-10(13)14-7-6-12-8-9-4-2-1-3-5-9/h9,12H,1-8H2,(H2,11,13). The van der Waals surface area contributed by atoms with Crippen LogP contribution >= 0.6 is 0 Å². The van der Waals surface area contributed by atoms with E-state index in [0.29, 0.717) is 13.2 Å². The molecule has 0 aromatic heterocycles. The van der Waals surface area contributed by atoms with Crippen LogP contribution < -0.4 is 11.1 Å². The lowest BCUT2D eigenvalue weighted by Crippen LogP contribution is -2.28. The average Bonchev–Trinajstić information content (AvgIpc) is 2.18. The molecule has 1 saturated carbocycles. The molecule has 4 heteroatoms. The Bertz CT molecular complexity index is 168. The molecule has 1 aliphatic rings. The van der Waals surface area contributed by atoms with Crippen LogP contribution in [0.3, 0.4) is 0 Å². The molecule has 3 N–H and O–H groups in total. The van der Waals surface area contributed by atoms with Crippen LogP contribution in [-0.4, -0.2) is 25.8 Å². The number of rotatable bonds is 5. The van der Waals surface area contributed by atoms with E-state index in [0.717, 1.165) is 12.5 Å². The maximum atomic E-state index is 10.2. The molecule has 0 heterocycles. The Balaban J connectivity index is 1.90. The molecular weight excluding hydrogens is 180 g/mol. The van der Waals surface area contributed by atoms with E-state index in [1.807, 2.05) is 0 Å². The minimum atomic E-state index is -0.690. The Morgan fingerprint density at radius 2 is 2.07 bits per heavy atom. The Hall–Kier alpha value is -0.770. The van der Waals surface area contributed by atoms with Gasteiger partial charge in [0, 0.05) is 6.54 Å². The third-order valence-electron chi connectivity index (χ3n) is 2.68. The number of ether oxygens (including phenoxy) is 1. The molecule has 0 radical (unpaired) electrons. The van der Waals surface area contributed by atoms with Gasteiger partial charge in [0.25, 0.3) is 0 Å². The van der Waals surface area contributed by atoms with Crippen LogP contribution in [0.4, 0.5) is 4.79 Å². The van der Waals surface area contributed by atoms with Crippen LogP contribution in [0.2, 0.25) is 0 Å². The van der Waals surface area contributed by atoms with Gasteiger partial charge in [-0.15, -0.1) is 0 Å². The molecule has 0 aliphatic heterocycles. The molecule has 1 fully saturated rings. The summed E-state index contributed by atoms with van der Waals surface area (Å²) >= 11 is 0. The van der Waals surface area contributed by atoms with Crippen LogP contribution in [0.5, 0.6) is 0 Å². The van der Waals surface area contributed by atoms with Crippen molar-refractivity contribution < 1.29 is 9.53 Å². The first-order valence-electron chi connectivity index (χ1n) is 5.42. The van der Waals surface area contributed by atoms with Gasteiger partial charge in [-0.2, -0.15) is 0 Å². The monoisotopic (exact) mass is 200 g/mol. The fraction of sp³-hybridized carbons (Fsp3) is 0.900. The molecular formula is C10H20N2O2. The lowest BCUT2D eigenvalue weighted by Gasteiger charge is -2.21. The van der Waals surface area contributed by atoms with Gasteiger partial charge in [-0.25, -0.2) is 4.79 Å². The number of nitrogens with two attached hydrogens (primary N) is 1. The smallest absolute Gasteiger partial charge is 0.404 e. The number of carbonyl (C=O) groups is 1. The van der Waals surface area contributed by atoms with Gasteiger partial charge < -0.3 is 15.8 Å². The highest BCUT2D eigenvalue weighted by Crippen LogP contribution is 2.22. The summed E-state index contributed by atoms with van der Waals surface area (Å²) in [6.45, 7) is 2.13. The zero-order chi connectivity index (χ0) is 10.2. The summed E-state index contributed by atoms with van der Waals surface area (Å²) in [5, 5.41) is 3.28. The SMILES string of the molecule is NC(=O)OCCNCC1CCCCC1. The van der Waals surface area contributed by atoms with Crippen molar-refractivity contribution >= 4 is 6.09 Å². The summed E-state index contributed by atoms with van der Waals surface area (Å²) in [7, 11) is 0. The van der Waals surface area contributed by atoms with E-state index in [1.165, 1.54) is 32.1 Å². The van der Waals surface area contributed by atoms with Crippen LogP contribution in [0.15, 0.2) is 0 Å². The highest BCUT2D eigenvalue weighted by molar-refractivity contribution is 5.64. The normalized spacial score (nSPS) is 18.0. The van der Waals surface area contributed by atoms with Crippen molar-refractivity contribution in [1.29, 1.82) is 0 Å². The van der Waals surface area contributed by atoms with E-state index < -0.39 is 6.09 Å². The molecule has 82 valence electrons. The number of hydrogen-bond donors (Lipinski definition) is 2. The summed E-state index contributed by atoms with van der Waals surface area (Å²) in [4.78, 5) is 10.2. The number of amides is 1. The molecule has 0 saturated heterocycles. The number of primary amides is 1. The first kappa shape index (κ1) is 11.3. The fourth-order valence-electron chi connectivity index (χ4n) is 1.92. The third-order valence-corrected chi connectivity index (χ3v) is 2.68. The van der Waals surface area contributed by atoms with E-state index in [4.69, 9.17) is 5.73 Å². The highest BCUT2D eigenvalue weighted by atomic mass is 16.5. The summed E-state index contributed by atoms with van der Waals surface area (Å²) < 4.78 is 4.61. The minimum Gasteiger partial charge on any atom is -0.448 e. The van der Waals surface area contributed by atoms with Gasteiger partial charge in [-0.1, -0.05) is 19.3 Å². The Kier molecular flexibility index (Phi) is 5.37. The van der Waals surface area contributed by atoms with E-state index in [1.54, 1.807) is 0 Å². The Labute approximate surface area is 85.2 Å². The van der Waals surface area contributed by atoms with Gasteiger partial charge in [0.05, 0.1) is 0 Å². The van der Waals surface area contributed by atoms with Crippen molar-refractivity contribution in [2.45, 2.75) is 32.1 Å². The van der Waals surface area contributed by atoms with Crippen molar-refractivity contribution in [3.63, 3.8) is 0 Å². The molecule has 1 amide bonds. The van der Waals surface area contributed by atoms with Crippen LogP contribution in [-0.2, 0) is 4.74 Å². The maximum Gasteiger partial charge on any atom is 0.404 e. The fourth-order valence-corrected chi connectivity index (χ4v) is 1.92. The van der Waals surface area contributed by atoms with Crippen molar-refractivity contribution in [1.82, 2.24) is 5.32 Å². The van der Waals surface area contributed by atoms with E-state index in [2.05, 4.69) is 10.1 Å². The summed E-state index contributed by atoms with van der Waals surface area (Å²) in [6, 6.07) is 0. The minimum absolute atomic E-state index is 0.377. The first-order valence-corrected chi connectivity index (χ1v) is 5.42. The number of hydrogen-bond acceptors (Lipinski definition) is 3. The first-order chi connectivity index (χ1) is 6.79. The number of nitrogens with one attached hydrogen (secondary N) is 1. The lowest BCUT2D eigenvalue weighted by atomic mass is 9.89. The second-order valence-electron chi connectivity index (χ2n) is 3.88. The maximum absolute atomic E-state index is 10.2. The van der Waals surface area contributed by atoms with Crippen LogP contribution in [0.25, 0.3) is 0 Å². The van der Waals surface area contributed by atoms with Crippen molar-refractivity contribution in [2.24, 2.45) is 11.7 Å². The molecule has 1 rings (SSSR count). The molecule has 1 aliphatic carbocycles. The Morgan fingerprint density at radius 3 is 2.71 bits per heavy atom. The van der Waals surface area contributed by atoms with Crippen LogP contribution in [0.1, 0.15) is 32.1 Å². The van der Waals surface area contributed by atoms with Gasteiger partial charge in [0.15, 0.2) is 0 Å². The molecule has 0 spiro atoms. The van der Waals surface area contributed by atoms with Crippen LogP contribution in [0, 0.1) is 5.92 Å². The van der Waals surface area contributed by atoms with E-state index in [-0.39, 0.29) is 0 Å². The average molecular weight is 200 g/mol. The molecule has 4 nitrogen and oxygen atoms in total. The molecule has 0 aromatic carbocycles. The molecule has 0 atom stereocenters. The highest BCUT2D eigenvalue weighted by Gasteiger charge is 2.12. The zero-order valence-electron chi connectivity index (χ0n) is 8.63. The third kappa shape index (κ3) is 5.07. The molecule has 0 unspecified atom stereocenters. The van der Waals surface area contributed by atoms with Gasteiger partial charge in [0.2, 0.25) is 0 Å². The van der Waals surface area contributed by atoms with E-state index >= 15 is 0 Å². The molecule has 0 aromatic rings. The largest absolute Gasteiger partial charge is 0.448 e. The molecule has 14 heavy (non-hydrogen) atoms. The van der Waals surface area contributed by atoms with Gasteiger partial charge in [-0.3, -0.25) is 0 Å². The topological polar surface area (TPSA) is 64.4 Å². The summed E-state index contributed by atoms with van der Waals surface area (Å²) in [6.07, 6.45) is 6.10. The van der Waals surface area contributed by atoms with E-state index in [9.17, 15) is 4.79 Å². The zero-order valence-corrected chi connectivity index (χ0v) is 8.63. The Morgan fingerprint density at radius 1 is 1.36 bits per heavy atom. The second kappa shape index (κ2) is 6.65. The van der Waals surface area contributed by atoms with Gasteiger partial charge in [-0.05, 0) is 25.3 Å². The second-order valence-corrected chi connectivity index (χ2v) is 3.88. The van der Waals surface area contributed by atoms with Gasteiger partial charge >= 0.3 is 6.09 Å². The summed E-state index contributed by atoms with van der Waals surface area (Å²) in [5.74, 6) is 0.817. The van der Waals surface area contributed by atoms with Gasteiger partial charge in [0.1, 0.15) is 6.61 Å². The lowest BCUT2D eigenvalue weighted by molar-refractivity contribution is 0.156. The number of carbonyl (C=O) groups excluding carboxylic acids is 1.